The van der Waals surface area contributed by atoms with E-state index in [0.29, 0.717) is 13.0 Å². The molecule has 1 heterocycles. The number of carbonyl (C=O) groups excluding carboxylic acids is 2. The van der Waals surface area contributed by atoms with Crippen LogP contribution in [0.2, 0.25) is 0 Å². The molecule has 2 rings (SSSR count). The average Bonchev–Trinajstić information content (AvgIpc) is 2.54. The van der Waals surface area contributed by atoms with Crippen LogP contribution in [0.4, 0.5) is 9.59 Å². The normalized spacial score (nSPS) is 20.7. The molecule has 0 saturated carbocycles. The first-order chi connectivity index (χ1) is 11.7. The van der Waals surface area contributed by atoms with Crippen molar-refractivity contribution in [2.24, 2.45) is 0 Å². The van der Waals surface area contributed by atoms with Crippen molar-refractivity contribution in [2.75, 3.05) is 13.1 Å². The van der Waals surface area contributed by atoms with E-state index in [1.165, 1.54) is 4.90 Å². The molecule has 138 valence electrons. The fourth-order valence-corrected chi connectivity index (χ4v) is 2.49. The van der Waals surface area contributed by atoms with Crippen molar-refractivity contribution < 1.29 is 24.2 Å². The molecule has 7 nitrogen and oxygen atoms in total. The number of nitrogens with zero attached hydrogens (tertiary/aromatic N) is 1. The molecular formula is C18H26N2O5. The van der Waals surface area contributed by atoms with Gasteiger partial charge in [-0.25, -0.2) is 9.59 Å². The lowest BCUT2D eigenvalue weighted by Crippen LogP contribution is -2.57. The zero-order chi connectivity index (χ0) is 18.4. The molecule has 2 unspecified atom stereocenters. The summed E-state index contributed by atoms with van der Waals surface area (Å²) >= 11 is 0. The van der Waals surface area contributed by atoms with Crippen LogP contribution < -0.4 is 5.32 Å². The van der Waals surface area contributed by atoms with E-state index in [1.54, 1.807) is 20.8 Å². The third kappa shape index (κ3) is 6.26. The Labute approximate surface area is 147 Å². The third-order valence-corrected chi connectivity index (χ3v) is 3.74. The first-order valence-electron chi connectivity index (χ1n) is 8.38. The number of alkyl carbamates (subject to hydrolysis) is 1. The van der Waals surface area contributed by atoms with Crippen molar-refractivity contribution in [2.45, 2.75) is 51.5 Å². The van der Waals surface area contributed by atoms with E-state index in [1.807, 2.05) is 30.3 Å². The van der Waals surface area contributed by atoms with Crippen molar-refractivity contribution in [3.05, 3.63) is 35.9 Å². The number of aliphatic hydroxyl groups excluding tert-OH is 1. The molecular weight excluding hydrogens is 324 g/mol. The Morgan fingerprint density at radius 2 is 1.96 bits per heavy atom. The summed E-state index contributed by atoms with van der Waals surface area (Å²) < 4.78 is 10.5. The first kappa shape index (κ1) is 19.1. The quantitative estimate of drug-likeness (QED) is 0.873. The summed E-state index contributed by atoms with van der Waals surface area (Å²) in [6.45, 7) is 6.08. The second kappa shape index (κ2) is 8.20. The highest BCUT2D eigenvalue weighted by molar-refractivity contribution is 5.70. The number of benzene rings is 1. The second-order valence-corrected chi connectivity index (χ2v) is 7.09. The minimum absolute atomic E-state index is 0.144. The molecule has 0 bridgehead atoms. The second-order valence-electron chi connectivity index (χ2n) is 7.09. The van der Waals surface area contributed by atoms with Crippen LogP contribution in [0.15, 0.2) is 30.3 Å². The third-order valence-electron chi connectivity index (χ3n) is 3.74. The molecule has 0 radical (unpaired) electrons. The molecule has 1 saturated heterocycles. The van der Waals surface area contributed by atoms with E-state index in [2.05, 4.69) is 5.32 Å². The van der Waals surface area contributed by atoms with Gasteiger partial charge in [0.15, 0.2) is 0 Å². The summed E-state index contributed by atoms with van der Waals surface area (Å²) in [6, 6.07) is 8.72. The van der Waals surface area contributed by atoms with Crippen LogP contribution in [0, 0.1) is 0 Å². The smallest absolute Gasteiger partial charge is 0.410 e. The fourth-order valence-electron chi connectivity index (χ4n) is 2.49. The molecule has 1 aliphatic heterocycles. The van der Waals surface area contributed by atoms with E-state index in [-0.39, 0.29) is 13.2 Å². The molecule has 7 heteroatoms. The molecule has 1 aromatic carbocycles. The Kier molecular flexibility index (Phi) is 6.25. The number of hydrogen-bond donors (Lipinski definition) is 2. The van der Waals surface area contributed by atoms with Crippen LogP contribution in [-0.2, 0) is 16.1 Å². The van der Waals surface area contributed by atoms with E-state index in [9.17, 15) is 14.7 Å². The van der Waals surface area contributed by atoms with Gasteiger partial charge in [-0.2, -0.15) is 0 Å². The minimum atomic E-state index is -0.733. The number of rotatable bonds is 3. The zero-order valence-electron chi connectivity index (χ0n) is 14.9. The summed E-state index contributed by atoms with van der Waals surface area (Å²) in [5.74, 6) is 0. The lowest BCUT2D eigenvalue weighted by atomic mass is 10.0. The van der Waals surface area contributed by atoms with Crippen LogP contribution >= 0.6 is 0 Å². The highest BCUT2D eigenvalue weighted by atomic mass is 16.6. The predicted molar refractivity (Wildman–Crippen MR) is 92.0 cm³/mol. The summed E-state index contributed by atoms with van der Waals surface area (Å²) in [5, 5.41) is 12.7. The molecule has 1 aromatic rings. The van der Waals surface area contributed by atoms with E-state index >= 15 is 0 Å². The molecule has 0 aromatic heterocycles. The molecule has 0 aliphatic carbocycles. The minimum Gasteiger partial charge on any atom is -0.445 e. The number of nitrogens with one attached hydrogen (secondary N) is 1. The monoisotopic (exact) mass is 350 g/mol. The Morgan fingerprint density at radius 3 is 2.60 bits per heavy atom. The molecule has 2 atom stereocenters. The van der Waals surface area contributed by atoms with Gasteiger partial charge in [-0.15, -0.1) is 0 Å². The summed E-state index contributed by atoms with van der Waals surface area (Å²) in [7, 11) is 0. The Hall–Kier alpha value is -2.28. The summed E-state index contributed by atoms with van der Waals surface area (Å²) in [4.78, 5) is 25.6. The number of likely N-dealkylation sites (tertiary alicyclic amines) is 1. The van der Waals surface area contributed by atoms with Gasteiger partial charge in [0.1, 0.15) is 12.2 Å². The largest absolute Gasteiger partial charge is 0.445 e. The Balaban J connectivity index is 1.84. The van der Waals surface area contributed by atoms with Gasteiger partial charge in [0, 0.05) is 13.1 Å². The Morgan fingerprint density at radius 1 is 1.28 bits per heavy atom. The van der Waals surface area contributed by atoms with Crippen LogP contribution in [0.3, 0.4) is 0 Å². The fraction of sp³-hybridized carbons (Fsp3) is 0.556. The van der Waals surface area contributed by atoms with Crippen LogP contribution in [0.25, 0.3) is 0 Å². The maximum absolute atomic E-state index is 12.1. The zero-order valence-corrected chi connectivity index (χ0v) is 14.9. The van der Waals surface area contributed by atoms with Crippen LogP contribution in [0.5, 0.6) is 0 Å². The lowest BCUT2D eigenvalue weighted by molar-refractivity contribution is -0.000231. The van der Waals surface area contributed by atoms with Crippen LogP contribution in [-0.4, -0.2) is 53.0 Å². The SMILES string of the molecule is CC(C)(C)OC(=O)N1CCC(O)C(NC(=O)OCc2ccccc2)C1. The van der Waals surface area contributed by atoms with Gasteiger partial charge in [-0.3, -0.25) is 0 Å². The van der Waals surface area contributed by atoms with E-state index < -0.39 is 29.9 Å². The van der Waals surface area contributed by atoms with E-state index in [0.717, 1.165) is 5.56 Å². The lowest BCUT2D eigenvalue weighted by Gasteiger charge is -2.36. The van der Waals surface area contributed by atoms with Gasteiger partial charge in [0.05, 0.1) is 12.1 Å². The van der Waals surface area contributed by atoms with Crippen LogP contribution in [0.1, 0.15) is 32.8 Å². The maximum Gasteiger partial charge on any atom is 0.410 e. The van der Waals surface area contributed by atoms with Crippen molar-refractivity contribution in [3.63, 3.8) is 0 Å². The number of amides is 2. The van der Waals surface area contributed by atoms with Crippen molar-refractivity contribution in [1.29, 1.82) is 0 Å². The van der Waals surface area contributed by atoms with Crippen molar-refractivity contribution in [1.82, 2.24) is 10.2 Å². The molecule has 2 N–H and O–H groups in total. The molecule has 1 fully saturated rings. The molecule has 25 heavy (non-hydrogen) atoms. The van der Waals surface area contributed by atoms with Crippen molar-refractivity contribution in [3.8, 4) is 0 Å². The molecule has 0 spiro atoms. The topological polar surface area (TPSA) is 88.1 Å². The van der Waals surface area contributed by atoms with E-state index in [4.69, 9.17) is 9.47 Å². The summed E-state index contributed by atoms with van der Waals surface area (Å²) in [5.41, 5.74) is 0.280. The first-order valence-corrected chi connectivity index (χ1v) is 8.38. The van der Waals surface area contributed by atoms with Gasteiger partial charge in [0.2, 0.25) is 0 Å². The standard InChI is InChI=1S/C18H26N2O5/c1-18(2,3)25-17(23)20-10-9-15(21)14(11-20)19-16(22)24-12-13-7-5-4-6-8-13/h4-8,14-15,21H,9-12H2,1-3H3,(H,19,22). The predicted octanol–water partition coefficient (Wildman–Crippen LogP) is 2.28. The highest BCUT2D eigenvalue weighted by Crippen LogP contribution is 2.16. The summed E-state index contributed by atoms with van der Waals surface area (Å²) in [6.07, 6.45) is -1.45. The molecule has 1 aliphatic rings. The number of aliphatic hydroxyl groups is 1. The Bertz CT molecular complexity index is 585. The molecule has 2 amide bonds. The van der Waals surface area contributed by atoms with Gasteiger partial charge in [-0.1, -0.05) is 30.3 Å². The maximum atomic E-state index is 12.1. The number of ether oxygens (including phenoxy) is 2. The van der Waals surface area contributed by atoms with Gasteiger partial charge in [-0.05, 0) is 32.8 Å². The van der Waals surface area contributed by atoms with Crippen molar-refractivity contribution >= 4 is 12.2 Å². The van der Waals surface area contributed by atoms with Gasteiger partial charge in [0.25, 0.3) is 0 Å². The van der Waals surface area contributed by atoms with Gasteiger partial charge < -0.3 is 24.8 Å². The highest BCUT2D eigenvalue weighted by Gasteiger charge is 2.33. The number of piperidine rings is 1. The number of hydrogen-bond acceptors (Lipinski definition) is 5. The number of carbonyl (C=O) groups is 2. The average molecular weight is 350 g/mol. The van der Waals surface area contributed by atoms with Gasteiger partial charge >= 0.3 is 12.2 Å².